The van der Waals surface area contributed by atoms with Gasteiger partial charge in [-0.25, -0.2) is 4.79 Å². The molecule has 0 heterocycles. The third-order valence-corrected chi connectivity index (χ3v) is 4.93. The first-order valence-electron chi connectivity index (χ1n) is 6.65. The highest BCUT2D eigenvalue weighted by atomic mass is 32.2. The predicted molar refractivity (Wildman–Crippen MR) is 77.3 cm³/mol. The topological polar surface area (TPSA) is 80.4 Å². The average Bonchev–Trinajstić information content (AvgIpc) is 2.38. The van der Waals surface area contributed by atoms with Crippen LogP contribution in [0.4, 0.5) is 5.69 Å². The maximum atomic E-state index is 11.1. The third kappa shape index (κ3) is 3.50. The monoisotopic (exact) mass is 295 g/mol. The van der Waals surface area contributed by atoms with Crippen molar-refractivity contribution < 1.29 is 14.8 Å². The molecule has 0 aliphatic heterocycles. The van der Waals surface area contributed by atoms with E-state index in [4.69, 9.17) is 5.11 Å². The SMILES string of the molecule is CC1CCCC(Sc2cc(C(=O)O)ccc2[N+](=O)[O-])C1. The van der Waals surface area contributed by atoms with Crippen molar-refractivity contribution in [3.05, 3.63) is 33.9 Å². The Kier molecular flexibility index (Phi) is 4.65. The number of benzene rings is 1. The summed E-state index contributed by atoms with van der Waals surface area (Å²) < 4.78 is 0. The van der Waals surface area contributed by atoms with E-state index in [0.717, 1.165) is 19.3 Å². The zero-order valence-corrected chi connectivity index (χ0v) is 12.1. The van der Waals surface area contributed by atoms with Gasteiger partial charge in [-0.3, -0.25) is 10.1 Å². The van der Waals surface area contributed by atoms with Crippen LogP contribution < -0.4 is 0 Å². The summed E-state index contributed by atoms with van der Waals surface area (Å²) in [6.07, 6.45) is 4.39. The summed E-state index contributed by atoms with van der Waals surface area (Å²) in [6, 6.07) is 4.00. The number of rotatable bonds is 4. The van der Waals surface area contributed by atoms with E-state index in [-0.39, 0.29) is 11.3 Å². The number of hydrogen-bond acceptors (Lipinski definition) is 4. The lowest BCUT2D eigenvalue weighted by atomic mass is 9.91. The highest BCUT2D eigenvalue weighted by Gasteiger charge is 2.24. The highest BCUT2D eigenvalue weighted by Crippen LogP contribution is 2.40. The molecule has 2 rings (SSSR count). The Balaban J connectivity index is 2.25. The summed E-state index contributed by atoms with van der Waals surface area (Å²) in [4.78, 5) is 22.1. The largest absolute Gasteiger partial charge is 0.478 e. The van der Waals surface area contributed by atoms with Gasteiger partial charge < -0.3 is 5.11 Å². The lowest BCUT2D eigenvalue weighted by Gasteiger charge is -2.26. The number of nitro groups is 1. The minimum absolute atomic E-state index is 0.00164. The van der Waals surface area contributed by atoms with Crippen molar-refractivity contribution in [2.45, 2.75) is 42.8 Å². The van der Waals surface area contributed by atoms with Gasteiger partial charge in [-0.15, -0.1) is 11.8 Å². The van der Waals surface area contributed by atoms with Crippen molar-refractivity contribution in [3.63, 3.8) is 0 Å². The Labute approximate surface area is 121 Å². The van der Waals surface area contributed by atoms with Gasteiger partial charge in [0.1, 0.15) is 0 Å². The molecule has 2 unspecified atom stereocenters. The second kappa shape index (κ2) is 6.26. The number of aromatic carboxylic acids is 1. The van der Waals surface area contributed by atoms with E-state index in [1.54, 1.807) is 0 Å². The molecule has 0 radical (unpaired) electrons. The molecule has 1 N–H and O–H groups in total. The smallest absolute Gasteiger partial charge is 0.335 e. The second-order valence-corrected chi connectivity index (χ2v) is 6.60. The molecule has 2 atom stereocenters. The molecule has 1 aliphatic carbocycles. The van der Waals surface area contributed by atoms with Crippen LogP contribution in [0.15, 0.2) is 23.1 Å². The maximum Gasteiger partial charge on any atom is 0.335 e. The van der Waals surface area contributed by atoms with Crippen molar-refractivity contribution in [3.8, 4) is 0 Å². The molecular formula is C14H17NO4S. The van der Waals surface area contributed by atoms with Crippen LogP contribution >= 0.6 is 11.8 Å². The Hall–Kier alpha value is -1.56. The van der Waals surface area contributed by atoms with E-state index in [0.29, 0.717) is 16.1 Å². The van der Waals surface area contributed by atoms with Crippen molar-refractivity contribution in [1.82, 2.24) is 0 Å². The van der Waals surface area contributed by atoms with E-state index < -0.39 is 10.9 Å². The molecule has 108 valence electrons. The first-order chi connectivity index (χ1) is 9.47. The van der Waals surface area contributed by atoms with E-state index in [9.17, 15) is 14.9 Å². The van der Waals surface area contributed by atoms with Crippen molar-refractivity contribution in [2.24, 2.45) is 5.92 Å². The van der Waals surface area contributed by atoms with E-state index in [1.807, 2.05) is 0 Å². The van der Waals surface area contributed by atoms with Gasteiger partial charge in [0.05, 0.1) is 15.4 Å². The second-order valence-electron chi connectivity index (χ2n) is 5.26. The number of carboxylic acid groups (broad SMARTS) is 1. The van der Waals surface area contributed by atoms with Crippen molar-refractivity contribution in [2.75, 3.05) is 0 Å². The third-order valence-electron chi connectivity index (χ3n) is 3.59. The zero-order chi connectivity index (χ0) is 14.7. The average molecular weight is 295 g/mol. The van der Waals surface area contributed by atoms with Crippen LogP contribution in [0.25, 0.3) is 0 Å². The van der Waals surface area contributed by atoms with Crippen molar-refractivity contribution >= 4 is 23.4 Å². The quantitative estimate of drug-likeness (QED) is 0.671. The molecule has 0 amide bonds. The van der Waals surface area contributed by atoms with Crippen LogP contribution in [0.2, 0.25) is 0 Å². The molecule has 0 saturated heterocycles. The lowest BCUT2D eigenvalue weighted by molar-refractivity contribution is -0.387. The summed E-state index contributed by atoms with van der Waals surface area (Å²) in [5, 5.41) is 20.4. The molecule has 20 heavy (non-hydrogen) atoms. The van der Waals surface area contributed by atoms with Gasteiger partial charge >= 0.3 is 5.97 Å². The maximum absolute atomic E-state index is 11.1. The minimum Gasteiger partial charge on any atom is -0.478 e. The summed E-state index contributed by atoms with van der Waals surface area (Å²) in [5.41, 5.74) is 0.0974. The van der Waals surface area contributed by atoms with Gasteiger partial charge in [0.15, 0.2) is 0 Å². The molecular weight excluding hydrogens is 278 g/mol. The van der Waals surface area contributed by atoms with Crippen LogP contribution in [0.3, 0.4) is 0 Å². The number of nitro benzene ring substituents is 1. The molecule has 5 nitrogen and oxygen atoms in total. The molecule has 1 aliphatic rings. The summed E-state index contributed by atoms with van der Waals surface area (Å²) >= 11 is 1.45. The molecule has 0 bridgehead atoms. The highest BCUT2D eigenvalue weighted by molar-refractivity contribution is 8.00. The molecule has 0 aromatic heterocycles. The summed E-state index contributed by atoms with van der Waals surface area (Å²) in [7, 11) is 0. The standard InChI is InChI=1S/C14H17NO4S/c1-9-3-2-4-11(7-9)20-13-8-10(14(16)17)5-6-12(13)15(18)19/h5-6,8-9,11H,2-4,7H2,1H3,(H,16,17). The summed E-state index contributed by atoms with van der Waals surface area (Å²) in [5.74, 6) is -0.429. The lowest BCUT2D eigenvalue weighted by Crippen LogP contribution is -2.15. The van der Waals surface area contributed by atoms with Crippen LogP contribution in [-0.2, 0) is 0 Å². The van der Waals surface area contributed by atoms with E-state index in [1.165, 1.54) is 36.4 Å². The molecule has 1 aromatic rings. The Morgan fingerprint density at radius 3 is 2.80 bits per heavy atom. The molecule has 1 saturated carbocycles. The predicted octanol–water partition coefficient (Wildman–Crippen LogP) is 3.96. The number of hydrogen-bond donors (Lipinski definition) is 1. The Morgan fingerprint density at radius 2 is 2.20 bits per heavy atom. The Bertz CT molecular complexity index is 532. The van der Waals surface area contributed by atoms with Crippen LogP contribution in [0, 0.1) is 16.0 Å². The van der Waals surface area contributed by atoms with Gasteiger partial charge in [0.2, 0.25) is 0 Å². The fraction of sp³-hybridized carbons (Fsp3) is 0.500. The normalized spacial score (nSPS) is 22.4. The Morgan fingerprint density at radius 1 is 1.45 bits per heavy atom. The van der Waals surface area contributed by atoms with Gasteiger partial charge in [-0.05, 0) is 30.9 Å². The first kappa shape index (κ1) is 14.8. The van der Waals surface area contributed by atoms with Crippen LogP contribution in [0.5, 0.6) is 0 Å². The first-order valence-corrected chi connectivity index (χ1v) is 7.53. The molecule has 0 spiro atoms. The molecule has 1 fully saturated rings. The van der Waals surface area contributed by atoms with Gasteiger partial charge in [0.25, 0.3) is 5.69 Å². The number of carbonyl (C=O) groups is 1. The molecule has 6 heteroatoms. The van der Waals surface area contributed by atoms with E-state index in [2.05, 4.69) is 6.92 Å². The van der Waals surface area contributed by atoms with Gasteiger partial charge in [0, 0.05) is 11.3 Å². The fourth-order valence-electron chi connectivity index (χ4n) is 2.56. The number of thioether (sulfide) groups is 1. The number of nitrogens with zero attached hydrogens (tertiary/aromatic N) is 1. The van der Waals surface area contributed by atoms with E-state index >= 15 is 0 Å². The van der Waals surface area contributed by atoms with Crippen molar-refractivity contribution in [1.29, 1.82) is 0 Å². The van der Waals surface area contributed by atoms with Gasteiger partial charge in [-0.2, -0.15) is 0 Å². The fourth-order valence-corrected chi connectivity index (χ4v) is 4.08. The zero-order valence-electron chi connectivity index (χ0n) is 11.2. The van der Waals surface area contributed by atoms with Crippen LogP contribution in [0.1, 0.15) is 43.0 Å². The minimum atomic E-state index is -1.06. The van der Waals surface area contributed by atoms with Crippen LogP contribution in [-0.4, -0.2) is 21.2 Å². The van der Waals surface area contributed by atoms with Gasteiger partial charge in [-0.1, -0.05) is 19.8 Å². The summed E-state index contributed by atoms with van der Waals surface area (Å²) in [6.45, 7) is 2.19. The molecule has 1 aromatic carbocycles. The number of carboxylic acids is 1.